The van der Waals surface area contributed by atoms with Crippen molar-refractivity contribution in [2.24, 2.45) is 0 Å². The van der Waals surface area contributed by atoms with Crippen molar-refractivity contribution >= 4 is 16.8 Å². The lowest BCUT2D eigenvalue weighted by atomic mass is 10.1. The molecule has 152 valence electrons. The number of aromatic nitrogens is 1. The number of carbonyl (C=O) groups is 1. The van der Waals surface area contributed by atoms with E-state index in [9.17, 15) is 4.79 Å². The van der Waals surface area contributed by atoms with Gasteiger partial charge in [-0.15, -0.1) is 0 Å². The summed E-state index contributed by atoms with van der Waals surface area (Å²) in [5.74, 6) is 1.72. The molecule has 1 amide bonds. The number of hydrogen-bond acceptors (Lipinski definition) is 5. The third-order valence-electron chi connectivity index (χ3n) is 4.78. The van der Waals surface area contributed by atoms with Gasteiger partial charge in [0.25, 0.3) is 5.91 Å². The van der Waals surface area contributed by atoms with Gasteiger partial charge in [-0.25, -0.2) is 0 Å². The highest BCUT2D eigenvalue weighted by Crippen LogP contribution is 2.30. The zero-order chi connectivity index (χ0) is 21.0. The van der Waals surface area contributed by atoms with Gasteiger partial charge in [0.15, 0.2) is 18.1 Å². The first-order chi connectivity index (χ1) is 13.9. The molecular weight excluding hydrogens is 368 g/mol. The second-order valence-corrected chi connectivity index (χ2v) is 6.93. The molecular formula is C23H26N2O4. The summed E-state index contributed by atoms with van der Waals surface area (Å²) < 4.78 is 16.4. The smallest absolute Gasteiger partial charge is 0.258 e. The van der Waals surface area contributed by atoms with E-state index < -0.39 is 0 Å². The highest BCUT2D eigenvalue weighted by Gasteiger charge is 2.14. The molecule has 6 heteroatoms. The van der Waals surface area contributed by atoms with Crippen LogP contribution in [-0.2, 0) is 4.79 Å². The number of nitrogens with zero attached hydrogens (tertiary/aromatic N) is 1. The number of amides is 1. The minimum absolute atomic E-state index is 0.0792. The quantitative estimate of drug-likeness (QED) is 0.653. The van der Waals surface area contributed by atoms with Crippen LogP contribution in [0.25, 0.3) is 10.9 Å². The molecule has 29 heavy (non-hydrogen) atoms. The predicted octanol–water partition coefficient (Wildman–Crippen LogP) is 4.13. The van der Waals surface area contributed by atoms with Crippen molar-refractivity contribution in [2.45, 2.75) is 26.8 Å². The van der Waals surface area contributed by atoms with Gasteiger partial charge in [0, 0.05) is 17.1 Å². The molecule has 0 radical (unpaired) electrons. The Morgan fingerprint density at radius 2 is 1.79 bits per heavy atom. The summed E-state index contributed by atoms with van der Waals surface area (Å²) in [6.45, 7) is 5.76. The minimum atomic E-state index is -0.206. The molecule has 6 nitrogen and oxygen atoms in total. The standard InChI is InChI=1S/C23H26N2O4/c1-14-7-6-8-18-20(11-15(2)24-23(14)18)29-13-22(26)25-16(3)17-9-10-19(27-4)21(12-17)28-5/h6-12,16H,13H2,1-5H3,(H,25,26). The molecule has 0 spiro atoms. The molecule has 2 aromatic carbocycles. The zero-order valence-corrected chi connectivity index (χ0v) is 17.4. The molecule has 1 heterocycles. The fraction of sp³-hybridized carbons (Fsp3) is 0.304. The van der Waals surface area contributed by atoms with Crippen LogP contribution in [0.4, 0.5) is 0 Å². The SMILES string of the molecule is COc1ccc(C(C)NC(=O)COc2cc(C)nc3c(C)cccc23)cc1OC. The van der Waals surface area contributed by atoms with E-state index in [0.717, 1.165) is 27.7 Å². The van der Waals surface area contributed by atoms with Crippen LogP contribution < -0.4 is 19.5 Å². The first-order valence-corrected chi connectivity index (χ1v) is 9.44. The summed E-state index contributed by atoms with van der Waals surface area (Å²) in [6.07, 6.45) is 0. The molecule has 1 aromatic heterocycles. The van der Waals surface area contributed by atoms with Gasteiger partial charge in [-0.2, -0.15) is 0 Å². The molecule has 1 atom stereocenters. The van der Waals surface area contributed by atoms with Gasteiger partial charge in [-0.1, -0.05) is 18.2 Å². The van der Waals surface area contributed by atoms with Crippen LogP contribution in [0.15, 0.2) is 42.5 Å². The fourth-order valence-corrected chi connectivity index (χ4v) is 3.23. The second kappa shape index (κ2) is 8.82. The average molecular weight is 394 g/mol. The number of hydrogen-bond donors (Lipinski definition) is 1. The van der Waals surface area contributed by atoms with Crippen LogP contribution in [0.5, 0.6) is 17.2 Å². The summed E-state index contributed by atoms with van der Waals surface area (Å²) >= 11 is 0. The number of nitrogens with one attached hydrogen (secondary N) is 1. The molecule has 3 aromatic rings. The number of benzene rings is 2. The third kappa shape index (κ3) is 4.59. The lowest BCUT2D eigenvalue weighted by molar-refractivity contribution is -0.123. The molecule has 0 aliphatic heterocycles. The molecule has 0 bridgehead atoms. The number of ether oxygens (including phenoxy) is 3. The van der Waals surface area contributed by atoms with Crippen molar-refractivity contribution in [3.63, 3.8) is 0 Å². The first-order valence-electron chi connectivity index (χ1n) is 9.44. The van der Waals surface area contributed by atoms with E-state index in [4.69, 9.17) is 14.2 Å². The largest absolute Gasteiger partial charge is 0.493 e. The van der Waals surface area contributed by atoms with E-state index in [-0.39, 0.29) is 18.6 Å². The lowest BCUT2D eigenvalue weighted by Crippen LogP contribution is -2.31. The monoisotopic (exact) mass is 394 g/mol. The van der Waals surface area contributed by atoms with Gasteiger partial charge in [-0.3, -0.25) is 9.78 Å². The van der Waals surface area contributed by atoms with Gasteiger partial charge in [0.1, 0.15) is 5.75 Å². The Hall–Kier alpha value is -3.28. The highest BCUT2D eigenvalue weighted by molar-refractivity contribution is 5.88. The summed E-state index contributed by atoms with van der Waals surface area (Å²) in [5.41, 5.74) is 3.72. The van der Waals surface area contributed by atoms with Gasteiger partial charge in [-0.05, 0) is 50.1 Å². The summed E-state index contributed by atoms with van der Waals surface area (Å²) in [6, 6.07) is 13.1. The van der Waals surface area contributed by atoms with Crippen LogP contribution in [0, 0.1) is 13.8 Å². The summed E-state index contributed by atoms with van der Waals surface area (Å²) in [7, 11) is 3.17. The van der Waals surface area contributed by atoms with Gasteiger partial charge >= 0.3 is 0 Å². The summed E-state index contributed by atoms with van der Waals surface area (Å²) in [4.78, 5) is 17.0. The number of pyridine rings is 1. The lowest BCUT2D eigenvalue weighted by Gasteiger charge is -2.17. The fourth-order valence-electron chi connectivity index (χ4n) is 3.23. The van der Waals surface area contributed by atoms with E-state index in [1.54, 1.807) is 14.2 Å². The van der Waals surface area contributed by atoms with E-state index in [1.807, 2.05) is 63.2 Å². The Labute approximate surface area is 170 Å². The molecule has 1 N–H and O–H groups in total. The Morgan fingerprint density at radius 1 is 1.03 bits per heavy atom. The maximum atomic E-state index is 12.5. The number of methoxy groups -OCH3 is 2. The van der Waals surface area contributed by atoms with Crippen LogP contribution >= 0.6 is 0 Å². The Morgan fingerprint density at radius 3 is 2.52 bits per heavy atom. The topological polar surface area (TPSA) is 69.7 Å². The van der Waals surface area contributed by atoms with Crippen molar-refractivity contribution in [1.29, 1.82) is 0 Å². The average Bonchev–Trinajstić information content (AvgIpc) is 2.72. The van der Waals surface area contributed by atoms with Crippen molar-refractivity contribution < 1.29 is 19.0 Å². The molecule has 0 aliphatic rings. The van der Waals surface area contributed by atoms with E-state index in [1.165, 1.54) is 0 Å². The van der Waals surface area contributed by atoms with Crippen LogP contribution in [0.3, 0.4) is 0 Å². The number of para-hydroxylation sites is 1. The number of aryl methyl sites for hydroxylation is 2. The normalized spacial score (nSPS) is 11.8. The van der Waals surface area contributed by atoms with Gasteiger partial charge in [0.05, 0.1) is 25.8 Å². The third-order valence-corrected chi connectivity index (χ3v) is 4.78. The van der Waals surface area contributed by atoms with Crippen LogP contribution in [-0.4, -0.2) is 31.7 Å². The first kappa shape index (κ1) is 20.5. The predicted molar refractivity (Wildman–Crippen MR) is 113 cm³/mol. The molecule has 3 rings (SSSR count). The number of rotatable bonds is 7. The molecule has 0 fully saturated rings. The Balaban J connectivity index is 1.69. The van der Waals surface area contributed by atoms with E-state index >= 15 is 0 Å². The minimum Gasteiger partial charge on any atom is -0.493 e. The Bertz CT molecular complexity index is 1030. The van der Waals surface area contributed by atoms with E-state index in [2.05, 4.69) is 10.3 Å². The maximum Gasteiger partial charge on any atom is 0.258 e. The molecule has 0 saturated heterocycles. The van der Waals surface area contributed by atoms with Gasteiger partial charge in [0.2, 0.25) is 0 Å². The van der Waals surface area contributed by atoms with Crippen molar-refractivity contribution in [3.05, 3.63) is 59.3 Å². The molecule has 0 saturated carbocycles. The Kier molecular flexibility index (Phi) is 6.22. The van der Waals surface area contributed by atoms with Gasteiger partial charge < -0.3 is 19.5 Å². The maximum absolute atomic E-state index is 12.5. The van der Waals surface area contributed by atoms with E-state index in [0.29, 0.717) is 17.2 Å². The van der Waals surface area contributed by atoms with Crippen molar-refractivity contribution in [2.75, 3.05) is 20.8 Å². The summed E-state index contributed by atoms with van der Waals surface area (Å²) in [5, 5.41) is 3.85. The number of carbonyl (C=O) groups excluding carboxylic acids is 1. The second-order valence-electron chi connectivity index (χ2n) is 6.93. The molecule has 0 aliphatic carbocycles. The van der Waals surface area contributed by atoms with Crippen molar-refractivity contribution in [1.82, 2.24) is 10.3 Å². The highest BCUT2D eigenvalue weighted by atomic mass is 16.5. The van der Waals surface area contributed by atoms with Crippen molar-refractivity contribution in [3.8, 4) is 17.2 Å². The van der Waals surface area contributed by atoms with Crippen LogP contribution in [0.2, 0.25) is 0 Å². The molecule has 1 unspecified atom stereocenters. The zero-order valence-electron chi connectivity index (χ0n) is 17.4. The number of fused-ring (bicyclic) bond motifs is 1. The van der Waals surface area contributed by atoms with Crippen LogP contribution in [0.1, 0.15) is 29.8 Å².